The van der Waals surface area contributed by atoms with Gasteiger partial charge in [0.15, 0.2) is 5.65 Å². The number of hydrogen-bond acceptors (Lipinski definition) is 4. The average Bonchev–Trinajstić information content (AvgIpc) is 2.66. The number of nitrogen functional groups attached to an aromatic ring is 1. The summed E-state index contributed by atoms with van der Waals surface area (Å²) in [7, 11) is 0. The number of anilines is 1. The van der Waals surface area contributed by atoms with Gasteiger partial charge in [-0.3, -0.25) is 0 Å². The fourth-order valence-corrected chi connectivity index (χ4v) is 2.96. The molecule has 2 heterocycles. The third-order valence-corrected chi connectivity index (χ3v) is 3.88. The van der Waals surface area contributed by atoms with Crippen LogP contribution < -0.4 is 5.73 Å². The van der Waals surface area contributed by atoms with Crippen LogP contribution in [0, 0.1) is 5.92 Å². The normalized spacial score (nSPS) is 18.0. The SMILES string of the molecule is Nc1cc(CC2CCCCCC2)c2nn[nH]c2n1. The van der Waals surface area contributed by atoms with Crippen molar-refractivity contribution >= 4 is 17.0 Å². The van der Waals surface area contributed by atoms with Gasteiger partial charge in [0.1, 0.15) is 11.3 Å². The van der Waals surface area contributed by atoms with E-state index >= 15 is 0 Å². The third-order valence-electron chi connectivity index (χ3n) is 3.88. The minimum absolute atomic E-state index is 0.553. The highest BCUT2D eigenvalue weighted by molar-refractivity contribution is 5.75. The van der Waals surface area contributed by atoms with E-state index in [1.165, 1.54) is 44.1 Å². The Balaban J connectivity index is 1.86. The van der Waals surface area contributed by atoms with Gasteiger partial charge in [0.25, 0.3) is 0 Å². The Morgan fingerprint density at radius 2 is 2.00 bits per heavy atom. The number of rotatable bonds is 2. The van der Waals surface area contributed by atoms with E-state index in [2.05, 4.69) is 20.4 Å². The van der Waals surface area contributed by atoms with Crippen molar-refractivity contribution in [1.82, 2.24) is 20.4 Å². The predicted molar refractivity (Wildman–Crippen MR) is 71.0 cm³/mol. The summed E-state index contributed by atoms with van der Waals surface area (Å²) in [5, 5.41) is 10.7. The van der Waals surface area contributed by atoms with Crippen molar-refractivity contribution in [3.63, 3.8) is 0 Å². The first kappa shape index (κ1) is 11.4. The van der Waals surface area contributed by atoms with E-state index in [1.54, 1.807) is 0 Å². The molecule has 3 N–H and O–H groups in total. The molecule has 3 rings (SSSR count). The van der Waals surface area contributed by atoms with Gasteiger partial charge in [-0.25, -0.2) is 10.1 Å². The van der Waals surface area contributed by atoms with Gasteiger partial charge in [-0.1, -0.05) is 43.7 Å². The summed E-state index contributed by atoms with van der Waals surface area (Å²) < 4.78 is 0. The third kappa shape index (κ3) is 2.30. The molecule has 1 saturated carbocycles. The summed E-state index contributed by atoms with van der Waals surface area (Å²) >= 11 is 0. The second-order valence-corrected chi connectivity index (χ2v) is 5.28. The maximum atomic E-state index is 5.83. The molecule has 0 unspecified atom stereocenters. The number of fused-ring (bicyclic) bond motifs is 1. The minimum atomic E-state index is 0.553. The van der Waals surface area contributed by atoms with Crippen molar-refractivity contribution in [3.05, 3.63) is 11.6 Å². The topological polar surface area (TPSA) is 80.5 Å². The lowest BCUT2D eigenvalue weighted by Crippen LogP contribution is -2.05. The lowest BCUT2D eigenvalue weighted by Gasteiger charge is -2.14. The van der Waals surface area contributed by atoms with Crippen LogP contribution in [0.3, 0.4) is 0 Å². The average molecular weight is 245 g/mol. The van der Waals surface area contributed by atoms with Crippen molar-refractivity contribution in [1.29, 1.82) is 0 Å². The Labute approximate surface area is 106 Å². The lowest BCUT2D eigenvalue weighted by atomic mass is 9.92. The molecule has 0 amide bonds. The monoisotopic (exact) mass is 245 g/mol. The van der Waals surface area contributed by atoms with E-state index in [1.807, 2.05) is 6.07 Å². The maximum absolute atomic E-state index is 5.83. The molecule has 18 heavy (non-hydrogen) atoms. The fourth-order valence-electron chi connectivity index (χ4n) is 2.96. The highest BCUT2D eigenvalue weighted by atomic mass is 15.3. The predicted octanol–water partition coefficient (Wildman–Crippen LogP) is 2.45. The molecule has 0 radical (unpaired) electrons. The molecule has 1 fully saturated rings. The van der Waals surface area contributed by atoms with Crippen molar-refractivity contribution in [3.8, 4) is 0 Å². The standard InChI is InChI=1S/C13H19N5/c14-11-8-10(12-13(15-11)17-18-16-12)7-9-5-3-1-2-4-6-9/h8-9H,1-7H2,(H3,14,15,16,17,18). The zero-order valence-electron chi connectivity index (χ0n) is 10.5. The van der Waals surface area contributed by atoms with Crippen molar-refractivity contribution in [2.45, 2.75) is 44.9 Å². The largest absolute Gasteiger partial charge is 0.384 e. The molecule has 1 aliphatic rings. The molecule has 0 bridgehead atoms. The molecule has 1 aliphatic carbocycles. The van der Waals surface area contributed by atoms with E-state index in [0.29, 0.717) is 11.5 Å². The fraction of sp³-hybridized carbons (Fsp3) is 0.615. The Morgan fingerprint density at radius 1 is 1.22 bits per heavy atom. The zero-order chi connectivity index (χ0) is 12.4. The molecular weight excluding hydrogens is 226 g/mol. The molecular formula is C13H19N5. The molecule has 96 valence electrons. The summed E-state index contributed by atoms with van der Waals surface area (Å²) in [5.41, 5.74) is 8.62. The molecule has 0 saturated heterocycles. The Hall–Kier alpha value is -1.65. The number of nitrogens with one attached hydrogen (secondary N) is 1. The summed E-state index contributed by atoms with van der Waals surface area (Å²) in [6, 6.07) is 1.95. The molecule has 5 heteroatoms. The Bertz CT molecular complexity index is 525. The van der Waals surface area contributed by atoms with Gasteiger partial charge >= 0.3 is 0 Å². The van der Waals surface area contributed by atoms with Gasteiger partial charge in [0, 0.05) is 0 Å². The number of aromatic nitrogens is 4. The summed E-state index contributed by atoms with van der Waals surface area (Å²) in [4.78, 5) is 4.21. The van der Waals surface area contributed by atoms with E-state index in [4.69, 9.17) is 5.73 Å². The second kappa shape index (κ2) is 4.92. The van der Waals surface area contributed by atoms with Gasteiger partial charge in [-0.2, -0.15) is 0 Å². The van der Waals surface area contributed by atoms with Crippen molar-refractivity contribution in [2.75, 3.05) is 5.73 Å². The van der Waals surface area contributed by atoms with Gasteiger partial charge in [0.05, 0.1) is 0 Å². The number of nitrogens with zero attached hydrogens (tertiary/aromatic N) is 3. The first-order chi connectivity index (χ1) is 8.83. The molecule has 0 atom stereocenters. The van der Waals surface area contributed by atoms with Crippen LogP contribution in [0.2, 0.25) is 0 Å². The van der Waals surface area contributed by atoms with Gasteiger partial charge < -0.3 is 5.73 Å². The molecule has 0 spiro atoms. The number of pyridine rings is 1. The highest BCUT2D eigenvalue weighted by Crippen LogP contribution is 2.28. The maximum Gasteiger partial charge on any atom is 0.178 e. The van der Waals surface area contributed by atoms with Gasteiger partial charge in [-0.05, 0) is 24.0 Å². The summed E-state index contributed by atoms with van der Waals surface area (Å²) in [6.07, 6.45) is 9.17. The smallest absolute Gasteiger partial charge is 0.178 e. The van der Waals surface area contributed by atoms with Crippen LogP contribution in [0.1, 0.15) is 44.1 Å². The molecule has 5 nitrogen and oxygen atoms in total. The summed E-state index contributed by atoms with van der Waals surface area (Å²) in [5.74, 6) is 1.31. The molecule has 0 aliphatic heterocycles. The number of H-pyrrole nitrogens is 1. The van der Waals surface area contributed by atoms with E-state index in [-0.39, 0.29) is 0 Å². The van der Waals surface area contributed by atoms with Crippen LogP contribution in [0.25, 0.3) is 11.2 Å². The lowest BCUT2D eigenvalue weighted by molar-refractivity contribution is 0.459. The van der Waals surface area contributed by atoms with Crippen LogP contribution in [0.4, 0.5) is 5.82 Å². The Kier molecular flexibility index (Phi) is 3.13. The highest BCUT2D eigenvalue weighted by Gasteiger charge is 2.16. The van der Waals surface area contributed by atoms with Crippen LogP contribution in [-0.2, 0) is 6.42 Å². The Morgan fingerprint density at radius 3 is 2.78 bits per heavy atom. The van der Waals surface area contributed by atoms with Crippen LogP contribution in [-0.4, -0.2) is 20.4 Å². The number of aromatic amines is 1. The molecule has 2 aromatic heterocycles. The zero-order valence-corrected chi connectivity index (χ0v) is 10.5. The van der Waals surface area contributed by atoms with Crippen LogP contribution in [0.15, 0.2) is 6.07 Å². The van der Waals surface area contributed by atoms with Gasteiger partial charge in [-0.15, -0.1) is 5.10 Å². The first-order valence-electron chi connectivity index (χ1n) is 6.79. The van der Waals surface area contributed by atoms with Crippen LogP contribution in [0.5, 0.6) is 0 Å². The summed E-state index contributed by atoms with van der Waals surface area (Å²) in [6.45, 7) is 0. The van der Waals surface area contributed by atoms with Crippen molar-refractivity contribution in [2.24, 2.45) is 5.92 Å². The minimum Gasteiger partial charge on any atom is -0.384 e. The van der Waals surface area contributed by atoms with E-state index < -0.39 is 0 Å². The van der Waals surface area contributed by atoms with E-state index in [0.717, 1.165) is 17.9 Å². The van der Waals surface area contributed by atoms with E-state index in [9.17, 15) is 0 Å². The van der Waals surface area contributed by atoms with Crippen molar-refractivity contribution < 1.29 is 0 Å². The number of hydrogen-bond donors (Lipinski definition) is 2. The molecule has 0 aromatic carbocycles. The van der Waals surface area contributed by atoms with Gasteiger partial charge in [0.2, 0.25) is 0 Å². The number of nitrogens with two attached hydrogens (primary N) is 1. The molecule has 2 aromatic rings. The first-order valence-corrected chi connectivity index (χ1v) is 6.79. The second-order valence-electron chi connectivity index (χ2n) is 5.28. The quantitative estimate of drug-likeness (QED) is 0.796. The van der Waals surface area contributed by atoms with Crippen LogP contribution >= 0.6 is 0 Å².